The molecule has 3 rings (SSSR count). The highest BCUT2D eigenvalue weighted by molar-refractivity contribution is 8.02. The standard InChI is InChI=1S/C24H20N2O5S/c1-2-22(24(29)30)32(31,21-9-4-3-5-10-21)26-23(28)19-13-18(15-25-16-19)12-11-17-7-6-8-20(27)14-17/h3-10,13-16,27H,2H2,1H3,(H,29,30)(H,26,28,31). The number of aromatic hydroxyl groups is 1. The molecule has 0 radical (unpaired) electrons. The normalized spacial score (nSPS) is 12.0. The van der Waals surface area contributed by atoms with Crippen LogP contribution in [0.25, 0.3) is 0 Å². The van der Waals surface area contributed by atoms with Gasteiger partial charge in [0, 0.05) is 23.5 Å². The molecule has 0 saturated carbocycles. The highest BCUT2D eigenvalue weighted by Gasteiger charge is 2.24. The molecule has 0 aliphatic rings. The third kappa shape index (κ3) is 5.14. The summed E-state index contributed by atoms with van der Waals surface area (Å²) in [5.41, 5.74) is 1.08. The van der Waals surface area contributed by atoms with Crippen LogP contribution >= 0.6 is 0 Å². The molecule has 1 unspecified atom stereocenters. The first-order valence-electron chi connectivity index (χ1n) is 9.60. The van der Waals surface area contributed by atoms with Gasteiger partial charge >= 0.3 is 5.97 Å². The number of carbonyl (C=O) groups is 2. The molecular weight excluding hydrogens is 428 g/mol. The molecule has 2 aromatic carbocycles. The van der Waals surface area contributed by atoms with E-state index < -0.39 is 21.6 Å². The topological polar surface area (TPSA) is 117 Å². The maximum atomic E-state index is 13.7. The fraction of sp³-hybridized carbons (Fsp3) is 0.0833. The van der Waals surface area contributed by atoms with Crippen LogP contribution in [0.1, 0.15) is 34.8 Å². The highest BCUT2D eigenvalue weighted by Crippen LogP contribution is 2.14. The van der Waals surface area contributed by atoms with Crippen LogP contribution in [0.5, 0.6) is 5.75 Å². The van der Waals surface area contributed by atoms with Crippen molar-refractivity contribution in [3.63, 3.8) is 0 Å². The van der Waals surface area contributed by atoms with Gasteiger partial charge in [-0.3, -0.25) is 14.5 Å². The van der Waals surface area contributed by atoms with E-state index in [-0.39, 0.29) is 27.5 Å². The molecule has 0 saturated heterocycles. The Morgan fingerprint density at radius 2 is 1.72 bits per heavy atom. The van der Waals surface area contributed by atoms with Crippen molar-refractivity contribution in [2.75, 3.05) is 0 Å². The number of carboxylic acids is 1. The number of carbonyl (C=O) groups excluding carboxylic acids is 1. The first kappa shape index (κ1) is 22.6. The van der Waals surface area contributed by atoms with Gasteiger partial charge in [0.05, 0.1) is 20.2 Å². The smallest absolute Gasteiger partial charge is 0.341 e. The largest absolute Gasteiger partial charge is 0.508 e. The maximum absolute atomic E-state index is 13.7. The van der Waals surface area contributed by atoms with Crippen LogP contribution in [-0.2, 0) is 14.5 Å². The van der Waals surface area contributed by atoms with Crippen LogP contribution in [0.4, 0.5) is 0 Å². The number of benzene rings is 2. The Morgan fingerprint density at radius 3 is 2.38 bits per heavy atom. The second-order valence-electron chi connectivity index (χ2n) is 6.64. The molecule has 1 amide bonds. The SMILES string of the molecule is CCC(C(=O)O)=S(=O)(NC(=O)c1cncc(C#Cc2cccc(O)c2)c1)c1ccccc1. The van der Waals surface area contributed by atoms with E-state index in [0.29, 0.717) is 11.1 Å². The maximum Gasteiger partial charge on any atom is 0.341 e. The zero-order chi connectivity index (χ0) is 23.1. The molecule has 0 fully saturated rings. The minimum Gasteiger partial charge on any atom is -0.508 e. The van der Waals surface area contributed by atoms with E-state index in [1.807, 2.05) is 0 Å². The van der Waals surface area contributed by atoms with Crippen molar-refractivity contribution in [2.45, 2.75) is 18.2 Å². The van der Waals surface area contributed by atoms with Crippen LogP contribution in [-0.4, -0.2) is 36.1 Å². The number of aliphatic carboxylic acids is 1. The van der Waals surface area contributed by atoms with Gasteiger partial charge in [0.15, 0.2) is 0 Å². The number of amides is 1. The molecule has 3 aromatic rings. The number of carboxylic acid groups (broad SMARTS) is 1. The monoisotopic (exact) mass is 448 g/mol. The molecule has 162 valence electrons. The van der Waals surface area contributed by atoms with Crippen molar-refractivity contribution in [2.24, 2.45) is 0 Å². The van der Waals surface area contributed by atoms with Gasteiger partial charge in [-0.1, -0.05) is 43.0 Å². The molecule has 7 nitrogen and oxygen atoms in total. The average molecular weight is 449 g/mol. The molecule has 1 heterocycles. The highest BCUT2D eigenvalue weighted by atomic mass is 32.2. The molecule has 32 heavy (non-hydrogen) atoms. The van der Waals surface area contributed by atoms with E-state index in [1.54, 1.807) is 37.3 Å². The summed E-state index contributed by atoms with van der Waals surface area (Å²) in [5.74, 6) is 3.72. The lowest BCUT2D eigenvalue weighted by molar-refractivity contribution is -0.129. The van der Waals surface area contributed by atoms with Gasteiger partial charge in [0.2, 0.25) is 0 Å². The van der Waals surface area contributed by atoms with Gasteiger partial charge in [0.25, 0.3) is 5.91 Å². The first-order chi connectivity index (χ1) is 15.3. The Hall–Kier alpha value is -4.09. The predicted octanol–water partition coefficient (Wildman–Crippen LogP) is 2.84. The molecule has 0 bridgehead atoms. The minimum atomic E-state index is -3.55. The minimum absolute atomic E-state index is 0.0168. The average Bonchev–Trinajstić information content (AvgIpc) is 2.78. The van der Waals surface area contributed by atoms with E-state index in [4.69, 9.17) is 0 Å². The van der Waals surface area contributed by atoms with Gasteiger partial charge in [-0.15, -0.1) is 0 Å². The van der Waals surface area contributed by atoms with Gasteiger partial charge < -0.3 is 10.2 Å². The van der Waals surface area contributed by atoms with Crippen molar-refractivity contribution in [3.05, 3.63) is 89.7 Å². The lowest BCUT2D eigenvalue weighted by Crippen LogP contribution is -2.38. The van der Waals surface area contributed by atoms with Crippen molar-refractivity contribution >= 4 is 26.4 Å². The lowest BCUT2D eigenvalue weighted by atomic mass is 10.1. The molecule has 8 heteroatoms. The Labute approximate surface area is 185 Å². The number of phenolic OH excluding ortho intramolecular Hbond substituents is 1. The summed E-state index contributed by atoms with van der Waals surface area (Å²) in [6.07, 6.45) is 2.73. The third-order valence-electron chi connectivity index (χ3n) is 4.42. The number of nitrogens with zero attached hydrogens (tertiary/aromatic N) is 1. The van der Waals surface area contributed by atoms with E-state index >= 15 is 0 Å². The number of nitrogens with one attached hydrogen (secondary N) is 1. The molecule has 0 spiro atoms. The van der Waals surface area contributed by atoms with Crippen molar-refractivity contribution in [3.8, 4) is 17.6 Å². The summed E-state index contributed by atoms with van der Waals surface area (Å²) < 4.78 is 16.2. The molecule has 1 aromatic heterocycles. The van der Waals surface area contributed by atoms with E-state index in [9.17, 15) is 24.0 Å². The number of pyridine rings is 1. The predicted molar refractivity (Wildman–Crippen MR) is 122 cm³/mol. The summed E-state index contributed by atoms with van der Waals surface area (Å²) in [4.78, 5) is 28.6. The number of aromatic nitrogens is 1. The van der Waals surface area contributed by atoms with Crippen LogP contribution in [0.15, 0.2) is 78.0 Å². The second kappa shape index (κ2) is 9.81. The van der Waals surface area contributed by atoms with E-state index in [1.165, 1.54) is 42.7 Å². The lowest BCUT2D eigenvalue weighted by Gasteiger charge is -2.16. The zero-order valence-corrected chi connectivity index (χ0v) is 17.9. The summed E-state index contributed by atoms with van der Waals surface area (Å²) in [7, 11) is -3.55. The number of hydrogen-bond donors (Lipinski definition) is 3. The van der Waals surface area contributed by atoms with Crippen molar-refractivity contribution in [1.82, 2.24) is 9.71 Å². The molecule has 0 aliphatic carbocycles. The van der Waals surface area contributed by atoms with E-state index in [0.717, 1.165) is 0 Å². The molecule has 0 aliphatic heterocycles. The Balaban J connectivity index is 1.98. The third-order valence-corrected chi connectivity index (χ3v) is 6.98. The van der Waals surface area contributed by atoms with Gasteiger partial charge in [0.1, 0.15) is 10.6 Å². The molecule has 3 N–H and O–H groups in total. The Bertz CT molecular complexity index is 1350. The summed E-state index contributed by atoms with van der Waals surface area (Å²) in [5, 5.41) is 19.1. The fourth-order valence-electron chi connectivity index (χ4n) is 2.90. The van der Waals surface area contributed by atoms with Crippen LogP contribution in [0.2, 0.25) is 0 Å². The van der Waals surface area contributed by atoms with Crippen LogP contribution < -0.4 is 4.72 Å². The van der Waals surface area contributed by atoms with Gasteiger partial charge in [-0.25, -0.2) is 9.00 Å². The number of phenols is 1. The van der Waals surface area contributed by atoms with Gasteiger partial charge in [-0.2, -0.15) is 0 Å². The second-order valence-corrected chi connectivity index (χ2v) is 8.93. The summed E-state index contributed by atoms with van der Waals surface area (Å²) in [6.45, 7) is 1.57. The van der Waals surface area contributed by atoms with Crippen LogP contribution in [0, 0.1) is 11.8 Å². The zero-order valence-electron chi connectivity index (χ0n) is 17.1. The molecule has 1 atom stereocenters. The van der Waals surface area contributed by atoms with E-state index in [2.05, 4.69) is 21.5 Å². The Morgan fingerprint density at radius 1 is 1.00 bits per heavy atom. The number of rotatable bonds is 5. The fourth-order valence-corrected chi connectivity index (χ4v) is 5.00. The quantitative estimate of drug-likeness (QED) is 0.408. The van der Waals surface area contributed by atoms with Crippen molar-refractivity contribution in [1.29, 1.82) is 0 Å². The van der Waals surface area contributed by atoms with Gasteiger partial charge in [-0.05, 0) is 42.8 Å². The first-order valence-corrected chi connectivity index (χ1v) is 11.2. The number of hydrogen-bond acceptors (Lipinski definition) is 5. The van der Waals surface area contributed by atoms with Crippen molar-refractivity contribution < 1.29 is 24.0 Å². The summed E-state index contributed by atoms with van der Waals surface area (Å²) in [6, 6.07) is 15.8. The summed E-state index contributed by atoms with van der Waals surface area (Å²) >= 11 is 0. The Kier molecular flexibility index (Phi) is 6.93. The molecular formula is C24H20N2O5S. The van der Waals surface area contributed by atoms with Crippen LogP contribution in [0.3, 0.4) is 0 Å².